The summed E-state index contributed by atoms with van der Waals surface area (Å²) in [6.45, 7) is 3.82. The van der Waals surface area contributed by atoms with E-state index in [0.29, 0.717) is 11.6 Å². The Bertz CT molecular complexity index is 751. The molecule has 0 bridgehead atoms. The number of likely N-dealkylation sites (N-methyl/N-ethyl adjacent to an activating group) is 1. The van der Waals surface area contributed by atoms with Crippen LogP contribution >= 0.6 is 0 Å². The van der Waals surface area contributed by atoms with Crippen molar-refractivity contribution < 1.29 is 9.53 Å². The number of rotatable bonds is 5. The molecule has 2 heterocycles. The Morgan fingerprint density at radius 2 is 1.77 bits per heavy atom. The lowest BCUT2D eigenvalue weighted by Gasteiger charge is -2.32. The van der Waals surface area contributed by atoms with Crippen LogP contribution in [0.4, 0.5) is 11.6 Å². The molecule has 1 amide bonds. The molecule has 1 aromatic heterocycles. The molecule has 0 radical (unpaired) electrons. The van der Waals surface area contributed by atoms with Crippen molar-refractivity contribution in [2.45, 2.75) is 0 Å². The summed E-state index contributed by atoms with van der Waals surface area (Å²) in [7, 11) is 3.73. The summed E-state index contributed by atoms with van der Waals surface area (Å²) in [6, 6.07) is 7.47. The molecule has 26 heavy (non-hydrogen) atoms. The maximum atomic E-state index is 12.0. The Kier molecular flexibility index (Phi) is 5.80. The van der Waals surface area contributed by atoms with E-state index in [0.717, 1.165) is 37.5 Å². The van der Waals surface area contributed by atoms with Crippen LogP contribution in [0.2, 0.25) is 0 Å². The third kappa shape index (κ3) is 4.80. The van der Waals surface area contributed by atoms with Gasteiger partial charge in [0.05, 0.1) is 25.2 Å². The summed E-state index contributed by atoms with van der Waals surface area (Å²) in [6.07, 6.45) is 6.50. The number of amides is 1. The van der Waals surface area contributed by atoms with Gasteiger partial charge in [-0.15, -0.1) is 0 Å². The number of nitrogens with zero attached hydrogens (tertiary/aromatic N) is 4. The molecule has 1 N–H and O–H groups in total. The van der Waals surface area contributed by atoms with Gasteiger partial charge in [-0.3, -0.25) is 4.79 Å². The van der Waals surface area contributed by atoms with Gasteiger partial charge in [-0.25, -0.2) is 9.97 Å². The first-order chi connectivity index (χ1) is 12.6. The zero-order valence-corrected chi connectivity index (χ0v) is 15.1. The van der Waals surface area contributed by atoms with Crippen LogP contribution in [0.3, 0.4) is 0 Å². The standard InChI is InChI=1S/C19H23N5O2/c1-23-9-11-24(12-10-23)19-20-13-16(14-21-19)22-18(25)8-5-15-3-6-17(26-2)7-4-15/h3-8,13-14H,9-12H2,1-2H3,(H,22,25)/b8-5+. The van der Waals surface area contributed by atoms with Crippen LogP contribution < -0.4 is 15.0 Å². The van der Waals surface area contributed by atoms with Gasteiger partial charge in [0.2, 0.25) is 11.9 Å². The minimum absolute atomic E-state index is 0.225. The van der Waals surface area contributed by atoms with Crippen molar-refractivity contribution in [1.82, 2.24) is 14.9 Å². The monoisotopic (exact) mass is 353 g/mol. The molecule has 1 fully saturated rings. The van der Waals surface area contributed by atoms with Crippen molar-refractivity contribution in [3.05, 3.63) is 48.3 Å². The number of carbonyl (C=O) groups excluding carboxylic acids is 1. The molecule has 0 atom stereocenters. The minimum Gasteiger partial charge on any atom is -0.497 e. The van der Waals surface area contributed by atoms with Crippen LogP contribution in [0.1, 0.15) is 5.56 Å². The van der Waals surface area contributed by atoms with Crippen molar-refractivity contribution in [3.63, 3.8) is 0 Å². The fourth-order valence-corrected chi connectivity index (χ4v) is 2.63. The van der Waals surface area contributed by atoms with Crippen molar-refractivity contribution in [2.75, 3.05) is 50.6 Å². The molecule has 0 spiro atoms. The number of hydrogen-bond donors (Lipinski definition) is 1. The number of methoxy groups -OCH3 is 1. The van der Waals surface area contributed by atoms with Crippen LogP contribution in [0.15, 0.2) is 42.7 Å². The summed E-state index contributed by atoms with van der Waals surface area (Å²) in [4.78, 5) is 25.2. The Balaban J connectivity index is 1.54. The lowest BCUT2D eigenvalue weighted by molar-refractivity contribution is -0.111. The van der Waals surface area contributed by atoms with Gasteiger partial charge < -0.3 is 19.9 Å². The first kappa shape index (κ1) is 17.9. The summed E-state index contributed by atoms with van der Waals surface area (Å²) >= 11 is 0. The molecule has 1 aromatic carbocycles. The number of nitrogens with one attached hydrogen (secondary N) is 1. The predicted octanol–water partition coefficient (Wildman–Crippen LogP) is 1.89. The molecule has 1 saturated heterocycles. The Labute approximate surface area is 153 Å². The molecular formula is C19H23N5O2. The number of anilines is 2. The highest BCUT2D eigenvalue weighted by Gasteiger charge is 2.16. The van der Waals surface area contributed by atoms with E-state index in [1.165, 1.54) is 6.08 Å². The highest BCUT2D eigenvalue weighted by atomic mass is 16.5. The number of piperazine rings is 1. The second-order valence-corrected chi connectivity index (χ2v) is 6.16. The van der Waals surface area contributed by atoms with Crippen LogP contribution in [-0.2, 0) is 4.79 Å². The first-order valence-electron chi connectivity index (χ1n) is 8.53. The predicted molar refractivity (Wildman–Crippen MR) is 102 cm³/mol. The zero-order chi connectivity index (χ0) is 18.4. The van der Waals surface area contributed by atoms with Crippen molar-refractivity contribution in [1.29, 1.82) is 0 Å². The average Bonchev–Trinajstić information content (AvgIpc) is 2.68. The van der Waals surface area contributed by atoms with Gasteiger partial charge in [-0.2, -0.15) is 0 Å². The number of aromatic nitrogens is 2. The van der Waals surface area contributed by atoms with E-state index >= 15 is 0 Å². The molecule has 7 heteroatoms. The highest BCUT2D eigenvalue weighted by molar-refractivity contribution is 6.01. The average molecular weight is 353 g/mol. The van der Waals surface area contributed by atoms with Gasteiger partial charge in [0.15, 0.2) is 0 Å². The highest BCUT2D eigenvalue weighted by Crippen LogP contribution is 2.14. The normalized spacial score (nSPS) is 15.2. The van der Waals surface area contributed by atoms with Gasteiger partial charge in [0, 0.05) is 32.3 Å². The van der Waals surface area contributed by atoms with Gasteiger partial charge in [0.25, 0.3) is 0 Å². The summed E-state index contributed by atoms with van der Waals surface area (Å²) in [5.41, 5.74) is 1.50. The van der Waals surface area contributed by atoms with E-state index in [2.05, 4.69) is 32.1 Å². The number of ether oxygens (including phenoxy) is 1. The SMILES string of the molecule is COc1ccc(/C=C/C(=O)Nc2cnc(N3CCN(C)CC3)nc2)cc1. The van der Waals surface area contributed by atoms with Crippen LogP contribution in [-0.4, -0.2) is 61.1 Å². The third-order valence-corrected chi connectivity index (χ3v) is 4.23. The maximum absolute atomic E-state index is 12.0. The van der Waals surface area contributed by atoms with Crippen molar-refractivity contribution in [2.24, 2.45) is 0 Å². The molecule has 0 saturated carbocycles. The molecule has 1 aliphatic rings. The molecule has 3 rings (SSSR count). The van der Waals surface area contributed by atoms with Crippen molar-refractivity contribution >= 4 is 23.6 Å². The van der Waals surface area contributed by atoms with E-state index in [9.17, 15) is 4.79 Å². The molecule has 1 aliphatic heterocycles. The first-order valence-corrected chi connectivity index (χ1v) is 8.53. The summed E-state index contributed by atoms with van der Waals surface area (Å²) in [5.74, 6) is 1.26. The van der Waals surface area contributed by atoms with Crippen LogP contribution in [0, 0.1) is 0 Å². The van der Waals surface area contributed by atoms with E-state index in [4.69, 9.17) is 4.74 Å². The molecule has 7 nitrogen and oxygen atoms in total. The smallest absolute Gasteiger partial charge is 0.248 e. The molecule has 0 aliphatic carbocycles. The second kappa shape index (κ2) is 8.44. The van der Waals surface area contributed by atoms with Gasteiger partial charge in [0.1, 0.15) is 5.75 Å². The minimum atomic E-state index is -0.225. The van der Waals surface area contributed by atoms with Crippen LogP contribution in [0.5, 0.6) is 5.75 Å². The lowest BCUT2D eigenvalue weighted by Crippen LogP contribution is -2.45. The third-order valence-electron chi connectivity index (χ3n) is 4.23. The summed E-state index contributed by atoms with van der Waals surface area (Å²) < 4.78 is 5.11. The van der Waals surface area contributed by atoms with Crippen LogP contribution in [0.25, 0.3) is 6.08 Å². The molecule has 136 valence electrons. The van der Waals surface area contributed by atoms with E-state index in [1.54, 1.807) is 25.6 Å². The quantitative estimate of drug-likeness (QED) is 0.828. The fraction of sp³-hybridized carbons (Fsp3) is 0.316. The molecule has 0 unspecified atom stereocenters. The van der Waals surface area contributed by atoms with E-state index in [1.807, 2.05) is 24.3 Å². The van der Waals surface area contributed by atoms with E-state index < -0.39 is 0 Å². The summed E-state index contributed by atoms with van der Waals surface area (Å²) in [5, 5.41) is 2.77. The number of benzene rings is 1. The Morgan fingerprint density at radius 3 is 2.38 bits per heavy atom. The van der Waals surface area contributed by atoms with Gasteiger partial charge in [-0.1, -0.05) is 12.1 Å². The van der Waals surface area contributed by atoms with Gasteiger partial charge >= 0.3 is 0 Å². The fourth-order valence-electron chi connectivity index (χ4n) is 2.63. The maximum Gasteiger partial charge on any atom is 0.248 e. The molecule has 2 aromatic rings. The zero-order valence-electron chi connectivity index (χ0n) is 15.1. The Hall–Kier alpha value is -2.93. The lowest BCUT2D eigenvalue weighted by atomic mass is 10.2. The molecular weight excluding hydrogens is 330 g/mol. The number of carbonyl (C=O) groups is 1. The van der Waals surface area contributed by atoms with Crippen molar-refractivity contribution in [3.8, 4) is 5.75 Å². The van der Waals surface area contributed by atoms with Gasteiger partial charge in [-0.05, 0) is 30.8 Å². The Morgan fingerprint density at radius 1 is 1.12 bits per heavy atom. The van der Waals surface area contributed by atoms with E-state index in [-0.39, 0.29) is 5.91 Å². The largest absolute Gasteiger partial charge is 0.497 e. The number of hydrogen-bond acceptors (Lipinski definition) is 6. The second-order valence-electron chi connectivity index (χ2n) is 6.16. The topological polar surface area (TPSA) is 70.6 Å².